The number of rotatable bonds is 10. The van der Waals surface area contributed by atoms with Crippen molar-refractivity contribution >= 4 is 44.3 Å². The number of carbonyl (C=O) groups excluding carboxylic acids is 1. The Kier molecular flexibility index (Phi) is 8.53. The second kappa shape index (κ2) is 12.2. The fraction of sp³-hybridized carbons (Fsp3) is 0.0741. The van der Waals surface area contributed by atoms with Crippen molar-refractivity contribution in [3.63, 3.8) is 0 Å². The maximum Gasteiger partial charge on any atom is 0.346 e. The lowest BCUT2D eigenvalue weighted by molar-refractivity contribution is -0.387. The zero-order valence-corrected chi connectivity index (χ0v) is 22.4. The largest absolute Gasteiger partial charge is 0.490 e. The standard InChI is InChI=1S/C27H20N4O7S2/c1-2-37-24-15-18(12-13-23(24)38-40(35,36)25-11-7-6-10-22(25)31(33)34)14-20(16-28)26(32)30-27-29-21(17-39-27)19-8-4-3-5-9-19/h3-15,17H,2H2,1H3,(H,29,30,32)/b20-14-. The Morgan fingerprint density at radius 2 is 1.85 bits per heavy atom. The number of nitro benzene ring substituents is 1. The van der Waals surface area contributed by atoms with Gasteiger partial charge in [-0.25, -0.2) is 4.98 Å². The van der Waals surface area contributed by atoms with E-state index in [0.717, 1.165) is 17.7 Å². The van der Waals surface area contributed by atoms with E-state index in [0.29, 0.717) is 16.4 Å². The van der Waals surface area contributed by atoms with Gasteiger partial charge in [0.2, 0.25) is 0 Å². The molecule has 0 bridgehead atoms. The highest BCUT2D eigenvalue weighted by Crippen LogP contribution is 2.34. The second-order valence-corrected chi connectivity index (χ2v) is 10.3. The third-order valence-electron chi connectivity index (χ3n) is 5.27. The summed E-state index contributed by atoms with van der Waals surface area (Å²) in [5.41, 5.74) is 1.02. The van der Waals surface area contributed by atoms with Gasteiger partial charge < -0.3 is 8.92 Å². The number of thiazole rings is 1. The normalized spacial score (nSPS) is 11.3. The van der Waals surface area contributed by atoms with Crippen LogP contribution in [0, 0.1) is 21.4 Å². The van der Waals surface area contributed by atoms with Crippen LogP contribution in [0.2, 0.25) is 0 Å². The van der Waals surface area contributed by atoms with Gasteiger partial charge in [-0.1, -0.05) is 48.5 Å². The number of ether oxygens (including phenoxy) is 1. The summed E-state index contributed by atoms with van der Waals surface area (Å²) in [6, 6.07) is 20.1. The topological polar surface area (TPSA) is 162 Å². The van der Waals surface area contributed by atoms with Gasteiger partial charge in [0.1, 0.15) is 11.6 Å². The Bertz CT molecular complexity index is 1740. The first-order valence-corrected chi connectivity index (χ1v) is 13.9. The molecule has 40 heavy (non-hydrogen) atoms. The summed E-state index contributed by atoms with van der Waals surface area (Å²) in [7, 11) is -4.60. The number of aromatic nitrogens is 1. The third kappa shape index (κ3) is 6.49. The third-order valence-corrected chi connectivity index (χ3v) is 7.31. The molecule has 1 N–H and O–H groups in total. The van der Waals surface area contributed by atoms with Gasteiger partial charge in [0.05, 0.1) is 17.2 Å². The number of nitriles is 1. The number of nitrogens with one attached hydrogen (secondary N) is 1. The van der Waals surface area contributed by atoms with Crippen LogP contribution in [0.1, 0.15) is 12.5 Å². The lowest BCUT2D eigenvalue weighted by Gasteiger charge is -2.13. The SMILES string of the molecule is CCOc1cc(/C=C(/C#N)C(=O)Nc2nc(-c3ccccc3)cs2)ccc1OS(=O)(=O)c1ccccc1[N+](=O)[O-]. The molecule has 0 saturated carbocycles. The Labute approximate surface area is 233 Å². The molecule has 1 aromatic heterocycles. The summed E-state index contributed by atoms with van der Waals surface area (Å²) in [4.78, 5) is 27.0. The van der Waals surface area contributed by atoms with Crippen LogP contribution in [0.5, 0.6) is 11.5 Å². The highest BCUT2D eigenvalue weighted by molar-refractivity contribution is 7.87. The van der Waals surface area contributed by atoms with Crippen molar-refractivity contribution in [1.82, 2.24) is 4.98 Å². The summed E-state index contributed by atoms with van der Waals surface area (Å²) < 4.78 is 36.4. The Balaban J connectivity index is 1.57. The molecule has 0 atom stereocenters. The van der Waals surface area contributed by atoms with Crippen LogP contribution in [0.4, 0.5) is 10.8 Å². The summed E-state index contributed by atoms with van der Waals surface area (Å²) in [6.45, 7) is 1.79. The van der Waals surface area contributed by atoms with Gasteiger partial charge in [-0.15, -0.1) is 11.3 Å². The first-order valence-electron chi connectivity index (χ1n) is 11.6. The summed E-state index contributed by atoms with van der Waals surface area (Å²) in [6.07, 6.45) is 1.30. The first-order chi connectivity index (χ1) is 19.2. The smallest absolute Gasteiger partial charge is 0.346 e. The van der Waals surface area contributed by atoms with Crippen LogP contribution in [0.15, 0.2) is 88.6 Å². The summed E-state index contributed by atoms with van der Waals surface area (Å²) in [5, 5.41) is 25.6. The number of benzene rings is 3. The molecule has 0 aliphatic heterocycles. The van der Waals surface area contributed by atoms with Gasteiger partial charge in [-0.3, -0.25) is 20.2 Å². The van der Waals surface area contributed by atoms with E-state index in [1.807, 2.05) is 36.4 Å². The molecular formula is C27H20N4O7S2. The molecule has 0 spiro atoms. The number of para-hydroxylation sites is 1. The van der Waals surface area contributed by atoms with E-state index >= 15 is 0 Å². The van der Waals surface area contributed by atoms with Crippen molar-refractivity contribution in [3.05, 3.63) is 99.4 Å². The molecule has 3 aromatic carbocycles. The first kappa shape index (κ1) is 28.0. The van der Waals surface area contributed by atoms with Gasteiger partial charge in [0, 0.05) is 17.0 Å². The van der Waals surface area contributed by atoms with Crippen molar-refractivity contribution in [2.24, 2.45) is 0 Å². The molecular weight excluding hydrogens is 556 g/mol. The molecule has 4 rings (SSSR count). The van der Waals surface area contributed by atoms with Gasteiger partial charge in [-0.2, -0.15) is 13.7 Å². The van der Waals surface area contributed by atoms with Gasteiger partial charge >= 0.3 is 10.1 Å². The Hall–Kier alpha value is -5.06. The molecule has 0 radical (unpaired) electrons. The lowest BCUT2D eigenvalue weighted by atomic mass is 10.1. The second-order valence-electron chi connectivity index (χ2n) is 7.93. The molecule has 0 saturated heterocycles. The molecule has 4 aromatic rings. The average molecular weight is 577 g/mol. The maximum absolute atomic E-state index is 12.9. The summed E-state index contributed by atoms with van der Waals surface area (Å²) in [5.74, 6) is -0.923. The van der Waals surface area contributed by atoms with Gasteiger partial charge in [-0.05, 0) is 36.8 Å². The summed E-state index contributed by atoms with van der Waals surface area (Å²) >= 11 is 1.21. The highest BCUT2D eigenvalue weighted by Gasteiger charge is 2.28. The van der Waals surface area contributed by atoms with Crippen LogP contribution in [-0.2, 0) is 14.9 Å². The number of carbonyl (C=O) groups is 1. The van der Waals surface area contributed by atoms with Crippen molar-refractivity contribution in [1.29, 1.82) is 5.26 Å². The average Bonchev–Trinajstić information content (AvgIpc) is 3.42. The van der Waals surface area contributed by atoms with E-state index in [-0.39, 0.29) is 23.7 Å². The van der Waals surface area contributed by atoms with Crippen molar-refractivity contribution in [3.8, 4) is 28.8 Å². The van der Waals surface area contributed by atoms with Gasteiger partial charge in [0.15, 0.2) is 21.5 Å². The van der Waals surface area contributed by atoms with Crippen molar-refractivity contribution in [2.75, 3.05) is 11.9 Å². The Morgan fingerprint density at radius 3 is 2.55 bits per heavy atom. The van der Waals surface area contributed by atoms with Crippen molar-refractivity contribution in [2.45, 2.75) is 11.8 Å². The van der Waals surface area contributed by atoms with E-state index in [1.165, 1.54) is 47.7 Å². The molecule has 0 unspecified atom stereocenters. The zero-order valence-electron chi connectivity index (χ0n) is 20.8. The van der Waals surface area contributed by atoms with E-state index in [2.05, 4.69) is 10.3 Å². The number of amides is 1. The lowest BCUT2D eigenvalue weighted by Crippen LogP contribution is -2.13. The van der Waals surface area contributed by atoms with E-state index in [9.17, 15) is 28.6 Å². The molecule has 1 amide bonds. The number of nitrogens with zero attached hydrogens (tertiary/aromatic N) is 3. The van der Waals surface area contributed by atoms with Crippen LogP contribution in [0.25, 0.3) is 17.3 Å². The molecule has 1 heterocycles. The number of hydrogen-bond acceptors (Lipinski definition) is 10. The minimum atomic E-state index is -4.60. The minimum Gasteiger partial charge on any atom is -0.490 e. The molecule has 0 aliphatic carbocycles. The zero-order chi connectivity index (χ0) is 28.7. The number of nitro groups is 1. The number of hydrogen-bond donors (Lipinski definition) is 1. The van der Waals surface area contributed by atoms with Gasteiger partial charge in [0.25, 0.3) is 11.6 Å². The van der Waals surface area contributed by atoms with Crippen molar-refractivity contribution < 1.29 is 27.1 Å². The minimum absolute atomic E-state index is 0.0106. The van der Waals surface area contributed by atoms with Crippen LogP contribution < -0.4 is 14.2 Å². The molecule has 202 valence electrons. The fourth-order valence-electron chi connectivity index (χ4n) is 3.49. The van der Waals surface area contributed by atoms with E-state index in [1.54, 1.807) is 12.3 Å². The Morgan fingerprint density at radius 1 is 1.12 bits per heavy atom. The van der Waals surface area contributed by atoms with Crippen LogP contribution in [0.3, 0.4) is 0 Å². The predicted molar refractivity (Wildman–Crippen MR) is 148 cm³/mol. The molecule has 11 nitrogen and oxygen atoms in total. The van der Waals surface area contributed by atoms with Crippen LogP contribution in [-0.4, -0.2) is 30.8 Å². The predicted octanol–water partition coefficient (Wildman–Crippen LogP) is 5.43. The molecule has 0 fully saturated rings. The maximum atomic E-state index is 12.9. The fourth-order valence-corrected chi connectivity index (χ4v) is 5.31. The number of anilines is 1. The molecule has 0 aliphatic rings. The van der Waals surface area contributed by atoms with Crippen LogP contribution >= 0.6 is 11.3 Å². The quantitative estimate of drug-likeness (QED) is 0.0853. The molecule has 13 heteroatoms. The van der Waals surface area contributed by atoms with E-state index in [4.69, 9.17) is 8.92 Å². The monoisotopic (exact) mass is 576 g/mol. The van der Waals surface area contributed by atoms with E-state index < -0.39 is 31.5 Å². The highest BCUT2D eigenvalue weighted by atomic mass is 32.2.